The third kappa shape index (κ3) is 6.80. The molecule has 0 radical (unpaired) electrons. The Morgan fingerprint density at radius 3 is 2.39 bits per heavy atom. The van der Waals surface area contributed by atoms with Crippen LogP contribution in [-0.4, -0.2) is 16.5 Å². The highest BCUT2D eigenvalue weighted by atomic mass is 35.5. The molecule has 1 rings (SSSR count). The Bertz CT molecular complexity index is 318. The van der Waals surface area contributed by atoms with E-state index in [0.29, 0.717) is 5.02 Å². The van der Waals surface area contributed by atoms with Crippen molar-refractivity contribution in [3.63, 3.8) is 0 Å². The summed E-state index contributed by atoms with van der Waals surface area (Å²) in [5, 5.41) is 3.84. The number of nitrogens with one attached hydrogen (secondary N) is 1. The molecular weight excluding hydrogens is 246 g/mol. The molecule has 3 nitrogen and oxygen atoms in total. The van der Waals surface area contributed by atoms with E-state index < -0.39 is 0 Å². The van der Waals surface area contributed by atoms with Gasteiger partial charge in [-0.3, -0.25) is 0 Å². The predicted molar refractivity (Wildman–Crippen MR) is 78.1 cm³/mol. The van der Waals surface area contributed by atoms with Gasteiger partial charge in [-0.05, 0) is 6.42 Å². The number of aromatic nitrogens is 2. The minimum absolute atomic E-state index is 0.595. The van der Waals surface area contributed by atoms with Crippen molar-refractivity contribution in [3.8, 4) is 0 Å². The largest absolute Gasteiger partial charge is 0.369 e. The number of nitrogens with zero attached hydrogens (tertiary/aromatic N) is 2. The Morgan fingerprint density at radius 2 is 1.72 bits per heavy atom. The molecule has 4 heteroatoms. The van der Waals surface area contributed by atoms with Crippen LogP contribution < -0.4 is 5.32 Å². The van der Waals surface area contributed by atoms with Gasteiger partial charge in [0.1, 0.15) is 17.2 Å². The Morgan fingerprint density at radius 1 is 1.06 bits per heavy atom. The molecule has 0 atom stereocenters. The van der Waals surface area contributed by atoms with Crippen molar-refractivity contribution in [2.75, 3.05) is 11.9 Å². The molecule has 0 unspecified atom stereocenters. The molecule has 102 valence electrons. The van der Waals surface area contributed by atoms with Gasteiger partial charge in [0, 0.05) is 6.54 Å². The fourth-order valence-electron chi connectivity index (χ4n) is 1.91. The molecule has 0 saturated carbocycles. The first-order valence-electron chi connectivity index (χ1n) is 7.04. The maximum Gasteiger partial charge on any atom is 0.148 e. The van der Waals surface area contributed by atoms with Gasteiger partial charge in [0.05, 0.1) is 6.20 Å². The maximum atomic E-state index is 5.95. The molecule has 0 spiro atoms. The molecule has 0 bridgehead atoms. The van der Waals surface area contributed by atoms with Crippen LogP contribution in [0.5, 0.6) is 0 Å². The summed E-state index contributed by atoms with van der Waals surface area (Å²) in [4.78, 5) is 7.95. The van der Waals surface area contributed by atoms with Crippen LogP contribution in [0.3, 0.4) is 0 Å². The minimum Gasteiger partial charge on any atom is -0.369 e. The number of hydrogen-bond donors (Lipinski definition) is 1. The van der Waals surface area contributed by atoms with Gasteiger partial charge in [-0.2, -0.15) is 0 Å². The van der Waals surface area contributed by atoms with Crippen LogP contribution >= 0.6 is 11.6 Å². The van der Waals surface area contributed by atoms with Crippen LogP contribution in [-0.2, 0) is 0 Å². The Hall–Kier alpha value is -0.830. The molecule has 18 heavy (non-hydrogen) atoms. The van der Waals surface area contributed by atoms with Crippen molar-refractivity contribution in [2.24, 2.45) is 0 Å². The number of anilines is 1. The Balaban J connectivity index is 1.94. The number of halogens is 1. The van der Waals surface area contributed by atoms with Crippen LogP contribution in [0.1, 0.15) is 58.3 Å². The molecule has 1 aromatic rings. The highest BCUT2D eigenvalue weighted by molar-refractivity contribution is 6.32. The third-order valence-electron chi connectivity index (χ3n) is 2.99. The molecule has 0 fully saturated rings. The van der Waals surface area contributed by atoms with Crippen LogP contribution in [0.2, 0.25) is 5.02 Å². The second kappa shape index (κ2) is 10.1. The topological polar surface area (TPSA) is 37.8 Å². The summed E-state index contributed by atoms with van der Waals surface area (Å²) < 4.78 is 0. The summed E-state index contributed by atoms with van der Waals surface area (Å²) >= 11 is 5.95. The molecule has 1 aromatic heterocycles. The average molecular weight is 270 g/mol. The van der Waals surface area contributed by atoms with Crippen molar-refractivity contribution < 1.29 is 0 Å². The molecule has 0 aliphatic heterocycles. The summed E-state index contributed by atoms with van der Waals surface area (Å²) in [6.07, 6.45) is 13.8. The summed E-state index contributed by atoms with van der Waals surface area (Å²) in [6, 6.07) is 0. The number of hydrogen-bond acceptors (Lipinski definition) is 3. The zero-order valence-corrected chi connectivity index (χ0v) is 12.0. The lowest BCUT2D eigenvalue weighted by Crippen LogP contribution is -2.03. The zero-order chi connectivity index (χ0) is 13.1. The van der Waals surface area contributed by atoms with E-state index in [2.05, 4.69) is 22.2 Å². The van der Waals surface area contributed by atoms with Crippen molar-refractivity contribution >= 4 is 17.4 Å². The number of unbranched alkanes of at least 4 members (excludes halogenated alkanes) is 7. The normalized spacial score (nSPS) is 10.6. The molecule has 1 heterocycles. The monoisotopic (exact) mass is 269 g/mol. The van der Waals surface area contributed by atoms with Crippen molar-refractivity contribution in [2.45, 2.75) is 58.3 Å². The fraction of sp³-hybridized carbons (Fsp3) is 0.714. The van der Waals surface area contributed by atoms with E-state index in [9.17, 15) is 0 Å². The highest BCUT2D eigenvalue weighted by Crippen LogP contribution is 2.16. The van der Waals surface area contributed by atoms with Crippen molar-refractivity contribution in [1.29, 1.82) is 0 Å². The zero-order valence-electron chi connectivity index (χ0n) is 11.3. The summed E-state index contributed by atoms with van der Waals surface area (Å²) in [5.74, 6) is 0.745. The van der Waals surface area contributed by atoms with Gasteiger partial charge < -0.3 is 5.32 Å². The summed E-state index contributed by atoms with van der Waals surface area (Å²) in [7, 11) is 0. The van der Waals surface area contributed by atoms with E-state index >= 15 is 0 Å². The van der Waals surface area contributed by atoms with Gasteiger partial charge in [0.25, 0.3) is 0 Å². The summed E-state index contributed by atoms with van der Waals surface area (Å²) in [6.45, 7) is 3.19. The van der Waals surface area contributed by atoms with Crippen LogP contribution in [0, 0.1) is 0 Å². The quantitative estimate of drug-likeness (QED) is 0.627. The summed E-state index contributed by atoms with van der Waals surface area (Å²) in [5.41, 5.74) is 0. The van der Waals surface area contributed by atoms with Crippen LogP contribution in [0.15, 0.2) is 12.5 Å². The maximum absolute atomic E-state index is 5.95. The van der Waals surface area contributed by atoms with Gasteiger partial charge in [0.15, 0.2) is 0 Å². The Labute approximate surface area is 115 Å². The second-order valence-corrected chi connectivity index (χ2v) is 5.03. The lowest BCUT2D eigenvalue weighted by Gasteiger charge is -2.06. The van der Waals surface area contributed by atoms with E-state index in [0.717, 1.165) is 12.4 Å². The van der Waals surface area contributed by atoms with Crippen molar-refractivity contribution in [3.05, 3.63) is 17.5 Å². The van der Waals surface area contributed by atoms with Gasteiger partial charge in [0.2, 0.25) is 0 Å². The molecule has 0 aliphatic rings. The van der Waals surface area contributed by atoms with E-state index in [4.69, 9.17) is 11.6 Å². The van der Waals surface area contributed by atoms with Crippen molar-refractivity contribution in [1.82, 2.24) is 9.97 Å². The lowest BCUT2D eigenvalue weighted by atomic mass is 10.1. The average Bonchev–Trinajstić information content (AvgIpc) is 2.39. The fourth-order valence-corrected chi connectivity index (χ4v) is 2.08. The van der Waals surface area contributed by atoms with Crippen LogP contribution in [0.25, 0.3) is 0 Å². The number of rotatable bonds is 10. The highest BCUT2D eigenvalue weighted by Gasteiger charge is 1.99. The first kappa shape index (κ1) is 15.2. The smallest absolute Gasteiger partial charge is 0.148 e. The van der Waals surface area contributed by atoms with Gasteiger partial charge in [-0.15, -0.1) is 0 Å². The van der Waals surface area contributed by atoms with Gasteiger partial charge >= 0.3 is 0 Å². The standard InChI is InChI=1S/C14H24ClN3/c1-2-3-4-5-6-7-8-9-10-17-14-13(15)11-16-12-18-14/h11-12H,2-10H2,1H3,(H,16,17,18). The van der Waals surface area contributed by atoms with E-state index in [1.165, 1.54) is 57.7 Å². The van der Waals surface area contributed by atoms with Gasteiger partial charge in [-0.25, -0.2) is 9.97 Å². The van der Waals surface area contributed by atoms with E-state index in [1.807, 2.05) is 0 Å². The Kier molecular flexibility index (Phi) is 8.57. The van der Waals surface area contributed by atoms with Gasteiger partial charge in [-0.1, -0.05) is 63.5 Å². The molecule has 0 amide bonds. The van der Waals surface area contributed by atoms with Crippen LogP contribution in [0.4, 0.5) is 5.82 Å². The SMILES string of the molecule is CCCCCCCCCCNc1ncncc1Cl. The lowest BCUT2D eigenvalue weighted by molar-refractivity contribution is 0.581. The first-order valence-corrected chi connectivity index (χ1v) is 7.41. The molecule has 0 aromatic carbocycles. The predicted octanol–water partition coefficient (Wildman–Crippen LogP) is 4.68. The van der Waals surface area contributed by atoms with E-state index in [1.54, 1.807) is 6.20 Å². The molecule has 0 aliphatic carbocycles. The molecule has 0 saturated heterocycles. The molecule has 1 N–H and O–H groups in total. The minimum atomic E-state index is 0.595. The second-order valence-electron chi connectivity index (χ2n) is 4.62. The first-order chi connectivity index (χ1) is 8.84. The molecular formula is C14H24ClN3. The third-order valence-corrected chi connectivity index (χ3v) is 3.27. The van der Waals surface area contributed by atoms with E-state index in [-0.39, 0.29) is 0 Å².